The van der Waals surface area contributed by atoms with Crippen LogP contribution in [0.4, 0.5) is 11.5 Å². The predicted molar refractivity (Wildman–Crippen MR) is 142 cm³/mol. The Labute approximate surface area is 220 Å². The number of piperazine rings is 1. The maximum Gasteiger partial charge on any atom is 0.263 e. The molecule has 1 fully saturated rings. The van der Waals surface area contributed by atoms with Crippen LogP contribution in [0.25, 0.3) is 17.2 Å². The van der Waals surface area contributed by atoms with Crippen molar-refractivity contribution in [2.75, 3.05) is 50.6 Å². The molecule has 0 spiro atoms. The molecule has 2 aliphatic heterocycles. The Morgan fingerprint density at radius 1 is 1.11 bits per heavy atom. The molecule has 0 aliphatic carbocycles. The summed E-state index contributed by atoms with van der Waals surface area (Å²) in [6.07, 6.45) is 7.16. The number of anilines is 2. The molecule has 4 aromatic heterocycles. The van der Waals surface area contributed by atoms with Gasteiger partial charge in [-0.3, -0.25) is 9.78 Å². The van der Waals surface area contributed by atoms with Crippen molar-refractivity contribution in [3.8, 4) is 23.1 Å². The normalized spacial score (nSPS) is 17.4. The number of pyridine rings is 2. The van der Waals surface area contributed by atoms with Crippen LogP contribution >= 0.6 is 0 Å². The van der Waals surface area contributed by atoms with Crippen LogP contribution in [-0.4, -0.2) is 85.7 Å². The molecule has 0 bridgehead atoms. The Hall–Kier alpha value is -4.32. The van der Waals surface area contributed by atoms with E-state index in [9.17, 15) is 4.79 Å². The molecule has 1 N–H and O–H groups in total. The van der Waals surface area contributed by atoms with Crippen molar-refractivity contribution in [2.45, 2.75) is 25.8 Å². The number of nitrogens with one attached hydrogen (secondary N) is 1. The SMILES string of the molecule is COc1nn(-c2cncc(N3CCN(C)CC3)c2)cc1C(=O)Nc1cccc(-c2nnc3n2[C@@H](C)CC3)n1. The number of carbonyl (C=O) groups excluding carboxylic acids is 1. The number of carbonyl (C=O) groups is 1. The molecular weight excluding hydrogens is 484 g/mol. The summed E-state index contributed by atoms with van der Waals surface area (Å²) in [6, 6.07) is 7.79. The van der Waals surface area contributed by atoms with Crippen molar-refractivity contribution in [1.29, 1.82) is 0 Å². The quantitative estimate of drug-likeness (QED) is 0.414. The van der Waals surface area contributed by atoms with Crippen LogP contribution in [0.3, 0.4) is 0 Å². The van der Waals surface area contributed by atoms with Crippen molar-refractivity contribution in [3.05, 3.63) is 54.2 Å². The molecule has 0 unspecified atom stereocenters. The molecule has 6 heterocycles. The highest BCUT2D eigenvalue weighted by atomic mass is 16.5. The molecule has 2 aliphatic rings. The molecule has 196 valence electrons. The van der Waals surface area contributed by atoms with Gasteiger partial charge in [-0.2, -0.15) is 0 Å². The fourth-order valence-corrected chi connectivity index (χ4v) is 4.99. The standard InChI is InChI=1S/C26H30N10O2/c1-17-7-8-23-30-31-24(36(17)23)21-5-4-6-22(28-21)29-25(37)20-16-35(32-26(20)38-3)19-13-18(14-27-15-19)34-11-9-33(2)10-12-34/h4-6,13-17H,7-12H2,1-3H3,(H,28,29,37)/t17-/m0/s1. The zero-order valence-electron chi connectivity index (χ0n) is 21.7. The van der Waals surface area contributed by atoms with E-state index in [0.717, 1.165) is 56.2 Å². The van der Waals surface area contributed by atoms with Gasteiger partial charge in [-0.05, 0) is 38.6 Å². The van der Waals surface area contributed by atoms with Gasteiger partial charge >= 0.3 is 0 Å². The van der Waals surface area contributed by atoms with E-state index in [-0.39, 0.29) is 11.8 Å². The molecule has 0 radical (unpaired) electrons. The van der Waals surface area contributed by atoms with Crippen molar-refractivity contribution >= 4 is 17.4 Å². The summed E-state index contributed by atoms with van der Waals surface area (Å²) in [5, 5.41) is 16.0. The van der Waals surface area contributed by atoms with Crippen molar-refractivity contribution < 1.29 is 9.53 Å². The minimum atomic E-state index is -0.374. The molecule has 4 aromatic rings. The van der Waals surface area contributed by atoms with Gasteiger partial charge in [-0.15, -0.1) is 15.3 Å². The summed E-state index contributed by atoms with van der Waals surface area (Å²) >= 11 is 0. The van der Waals surface area contributed by atoms with Crippen molar-refractivity contribution in [1.82, 2.24) is 39.4 Å². The number of methoxy groups -OCH3 is 1. The molecule has 38 heavy (non-hydrogen) atoms. The zero-order chi connectivity index (χ0) is 26.2. The Morgan fingerprint density at radius 2 is 1.92 bits per heavy atom. The Kier molecular flexibility index (Phi) is 6.24. The highest BCUT2D eigenvalue weighted by Crippen LogP contribution is 2.30. The smallest absolute Gasteiger partial charge is 0.263 e. The van der Waals surface area contributed by atoms with Gasteiger partial charge in [-0.25, -0.2) is 9.67 Å². The van der Waals surface area contributed by atoms with E-state index in [4.69, 9.17) is 4.74 Å². The van der Waals surface area contributed by atoms with Gasteiger partial charge < -0.3 is 24.4 Å². The number of aromatic nitrogens is 7. The van der Waals surface area contributed by atoms with Crippen molar-refractivity contribution in [2.24, 2.45) is 0 Å². The van der Waals surface area contributed by atoms with Gasteiger partial charge in [0.25, 0.3) is 5.91 Å². The second-order valence-corrected chi connectivity index (χ2v) is 9.75. The summed E-state index contributed by atoms with van der Waals surface area (Å²) < 4.78 is 9.17. The first-order valence-electron chi connectivity index (χ1n) is 12.8. The van der Waals surface area contributed by atoms with Crippen LogP contribution in [0.15, 0.2) is 42.9 Å². The molecule has 6 rings (SSSR count). The number of nitrogens with zero attached hydrogens (tertiary/aromatic N) is 9. The summed E-state index contributed by atoms with van der Waals surface area (Å²) in [4.78, 5) is 26.9. The molecule has 12 nitrogen and oxygen atoms in total. The highest BCUT2D eigenvalue weighted by Gasteiger charge is 2.25. The number of fused-ring (bicyclic) bond motifs is 1. The number of likely N-dealkylation sites (N-methyl/N-ethyl adjacent to an activating group) is 1. The molecule has 1 saturated heterocycles. The van der Waals surface area contributed by atoms with Crippen LogP contribution in [0, 0.1) is 0 Å². The van der Waals surface area contributed by atoms with E-state index >= 15 is 0 Å². The van der Waals surface area contributed by atoms with Crippen LogP contribution in [0.1, 0.15) is 35.6 Å². The highest BCUT2D eigenvalue weighted by molar-refractivity contribution is 6.05. The van der Waals surface area contributed by atoms with E-state index in [1.807, 2.05) is 24.4 Å². The van der Waals surface area contributed by atoms with Gasteiger partial charge in [0.2, 0.25) is 5.88 Å². The maximum absolute atomic E-state index is 13.3. The fraction of sp³-hybridized carbons (Fsp3) is 0.385. The first kappa shape index (κ1) is 24.0. The molecule has 0 aromatic carbocycles. The third-order valence-electron chi connectivity index (χ3n) is 7.17. The average molecular weight is 515 g/mol. The number of amides is 1. The van der Waals surface area contributed by atoms with Gasteiger partial charge in [0.05, 0.1) is 30.9 Å². The zero-order valence-corrected chi connectivity index (χ0v) is 21.7. The molecule has 1 atom stereocenters. The van der Waals surface area contributed by atoms with E-state index in [2.05, 4.69) is 58.9 Å². The Balaban J connectivity index is 1.23. The van der Waals surface area contributed by atoms with Gasteiger partial charge in [-0.1, -0.05) is 6.07 Å². The Bertz CT molecular complexity index is 1470. The lowest BCUT2D eigenvalue weighted by atomic mass is 10.2. The topological polar surface area (TPSA) is 119 Å². The minimum absolute atomic E-state index is 0.216. The predicted octanol–water partition coefficient (Wildman–Crippen LogP) is 2.44. The summed E-state index contributed by atoms with van der Waals surface area (Å²) in [5.41, 5.74) is 2.71. The van der Waals surface area contributed by atoms with Crippen molar-refractivity contribution in [3.63, 3.8) is 0 Å². The van der Waals surface area contributed by atoms with Gasteiger partial charge in [0, 0.05) is 44.8 Å². The van der Waals surface area contributed by atoms with E-state index < -0.39 is 0 Å². The van der Waals surface area contributed by atoms with Crippen LogP contribution in [-0.2, 0) is 6.42 Å². The minimum Gasteiger partial charge on any atom is -0.479 e. The van der Waals surface area contributed by atoms with E-state index in [1.54, 1.807) is 23.1 Å². The lowest BCUT2D eigenvalue weighted by Gasteiger charge is -2.33. The van der Waals surface area contributed by atoms with Gasteiger partial charge in [0.1, 0.15) is 22.9 Å². The van der Waals surface area contributed by atoms with Crippen LogP contribution in [0.2, 0.25) is 0 Å². The number of rotatable bonds is 6. The first-order chi connectivity index (χ1) is 18.5. The fourth-order valence-electron chi connectivity index (χ4n) is 4.99. The summed E-state index contributed by atoms with van der Waals surface area (Å²) in [6.45, 7) is 6.01. The Morgan fingerprint density at radius 3 is 2.74 bits per heavy atom. The lowest BCUT2D eigenvalue weighted by molar-refractivity contribution is 0.102. The number of hydrogen-bond acceptors (Lipinski definition) is 9. The average Bonchev–Trinajstić information content (AvgIpc) is 3.66. The van der Waals surface area contributed by atoms with Crippen LogP contribution < -0.4 is 15.0 Å². The molecular formula is C26H30N10O2. The number of aryl methyl sites for hydroxylation is 1. The third-order valence-corrected chi connectivity index (χ3v) is 7.17. The van der Waals surface area contributed by atoms with Crippen LogP contribution in [0.5, 0.6) is 5.88 Å². The lowest BCUT2D eigenvalue weighted by Crippen LogP contribution is -2.44. The number of hydrogen-bond donors (Lipinski definition) is 1. The summed E-state index contributed by atoms with van der Waals surface area (Å²) in [5.74, 6) is 1.92. The van der Waals surface area contributed by atoms with E-state index in [1.165, 1.54) is 7.11 Å². The third kappa shape index (κ3) is 4.47. The molecule has 0 saturated carbocycles. The summed E-state index contributed by atoms with van der Waals surface area (Å²) in [7, 11) is 3.62. The van der Waals surface area contributed by atoms with E-state index in [0.29, 0.717) is 28.9 Å². The molecule has 1 amide bonds. The molecule has 12 heteroatoms. The maximum atomic E-state index is 13.3. The number of ether oxygens (including phenoxy) is 1. The second kappa shape index (κ2) is 9.86. The second-order valence-electron chi connectivity index (χ2n) is 9.75. The monoisotopic (exact) mass is 514 g/mol. The first-order valence-corrected chi connectivity index (χ1v) is 12.8. The largest absolute Gasteiger partial charge is 0.479 e. The van der Waals surface area contributed by atoms with Gasteiger partial charge in [0.15, 0.2) is 5.82 Å².